The minimum atomic E-state index is -0.776. The molecule has 1 aromatic heterocycles. The maximum atomic E-state index is 13.2. The number of amides is 1. The van der Waals surface area contributed by atoms with Crippen molar-refractivity contribution < 1.29 is 19.4 Å². The standard InChI is InChI=1S/C28H28N2O4/c1-17(2)16-34-23-9-6-21(7-10-23)26(31)24-25(20-11-13-29-14-12-20)30(28(33)27(24)32)22-8-5-18(3)19(4)15-22/h5-15,17,25,31H,16H2,1-4H3/b26-24+. The van der Waals surface area contributed by atoms with Gasteiger partial charge in [0.1, 0.15) is 11.5 Å². The van der Waals surface area contributed by atoms with Gasteiger partial charge in [-0.2, -0.15) is 0 Å². The van der Waals surface area contributed by atoms with Gasteiger partial charge < -0.3 is 9.84 Å². The molecular formula is C28H28N2O4. The molecule has 1 amide bonds. The number of aromatic nitrogens is 1. The van der Waals surface area contributed by atoms with Gasteiger partial charge >= 0.3 is 0 Å². The second-order valence-electron chi connectivity index (χ2n) is 8.95. The average Bonchev–Trinajstić information content (AvgIpc) is 3.10. The number of pyridine rings is 1. The number of ketones is 1. The van der Waals surface area contributed by atoms with Crippen molar-refractivity contribution in [2.24, 2.45) is 5.92 Å². The zero-order valence-corrected chi connectivity index (χ0v) is 19.8. The van der Waals surface area contributed by atoms with E-state index >= 15 is 0 Å². The molecule has 1 unspecified atom stereocenters. The van der Waals surface area contributed by atoms with E-state index in [2.05, 4.69) is 18.8 Å². The lowest BCUT2D eigenvalue weighted by Crippen LogP contribution is -2.29. The molecule has 4 rings (SSSR count). The summed E-state index contributed by atoms with van der Waals surface area (Å²) in [4.78, 5) is 32.0. The first-order valence-electron chi connectivity index (χ1n) is 11.3. The van der Waals surface area contributed by atoms with Crippen LogP contribution in [-0.4, -0.2) is 28.4 Å². The normalized spacial score (nSPS) is 17.4. The van der Waals surface area contributed by atoms with Gasteiger partial charge in [0.15, 0.2) is 0 Å². The van der Waals surface area contributed by atoms with E-state index in [0.717, 1.165) is 11.1 Å². The molecule has 6 heteroatoms. The number of Topliss-reactive ketones (excluding diaryl/α,β-unsaturated/α-hetero) is 1. The SMILES string of the molecule is Cc1ccc(N2C(=O)C(=O)/C(=C(/O)c3ccc(OCC(C)C)cc3)C2c2ccncc2)cc1C. The van der Waals surface area contributed by atoms with Crippen LogP contribution in [0.1, 0.15) is 42.1 Å². The second kappa shape index (κ2) is 9.51. The zero-order chi connectivity index (χ0) is 24.4. The molecule has 3 aromatic rings. The van der Waals surface area contributed by atoms with Gasteiger partial charge in [0.05, 0.1) is 18.2 Å². The van der Waals surface area contributed by atoms with Crippen molar-refractivity contribution in [3.63, 3.8) is 0 Å². The van der Waals surface area contributed by atoms with Crippen LogP contribution in [0.3, 0.4) is 0 Å². The van der Waals surface area contributed by atoms with E-state index < -0.39 is 17.7 Å². The van der Waals surface area contributed by atoms with Crippen LogP contribution in [0.5, 0.6) is 5.75 Å². The summed E-state index contributed by atoms with van der Waals surface area (Å²) < 4.78 is 5.72. The predicted octanol–water partition coefficient (Wildman–Crippen LogP) is 5.36. The zero-order valence-electron chi connectivity index (χ0n) is 19.8. The van der Waals surface area contributed by atoms with Gasteiger partial charge in [-0.25, -0.2) is 0 Å². The number of carbonyl (C=O) groups excluding carboxylic acids is 2. The molecule has 1 aliphatic heterocycles. The van der Waals surface area contributed by atoms with E-state index in [1.807, 2.05) is 32.0 Å². The molecule has 0 radical (unpaired) electrons. The van der Waals surface area contributed by atoms with Crippen LogP contribution in [0, 0.1) is 19.8 Å². The monoisotopic (exact) mass is 456 g/mol. The number of anilines is 1. The number of hydrogen-bond donors (Lipinski definition) is 1. The lowest BCUT2D eigenvalue weighted by molar-refractivity contribution is -0.132. The van der Waals surface area contributed by atoms with Crippen LogP contribution in [0.2, 0.25) is 0 Å². The molecule has 1 atom stereocenters. The van der Waals surface area contributed by atoms with Crippen LogP contribution >= 0.6 is 0 Å². The van der Waals surface area contributed by atoms with Crippen LogP contribution in [0.4, 0.5) is 5.69 Å². The average molecular weight is 457 g/mol. The van der Waals surface area contributed by atoms with E-state index in [1.165, 1.54) is 4.90 Å². The van der Waals surface area contributed by atoms with Crippen molar-refractivity contribution in [3.8, 4) is 5.75 Å². The third-order valence-electron chi connectivity index (χ3n) is 5.95. The fraction of sp³-hybridized carbons (Fsp3) is 0.250. The van der Waals surface area contributed by atoms with Gasteiger partial charge in [0, 0.05) is 23.6 Å². The number of aryl methyl sites for hydroxylation is 2. The highest BCUT2D eigenvalue weighted by Crippen LogP contribution is 2.42. The number of benzene rings is 2. The van der Waals surface area contributed by atoms with Gasteiger partial charge in [0.25, 0.3) is 11.7 Å². The Morgan fingerprint density at radius 1 is 1.00 bits per heavy atom. The number of aliphatic hydroxyl groups is 1. The molecule has 0 aliphatic carbocycles. The molecule has 1 N–H and O–H groups in total. The van der Waals surface area contributed by atoms with Crippen LogP contribution in [0.25, 0.3) is 5.76 Å². The fourth-order valence-corrected chi connectivity index (χ4v) is 3.96. The van der Waals surface area contributed by atoms with Gasteiger partial charge in [0.2, 0.25) is 0 Å². The molecule has 2 aromatic carbocycles. The van der Waals surface area contributed by atoms with Crippen molar-refractivity contribution in [3.05, 3.63) is 94.8 Å². The minimum absolute atomic E-state index is 0.0466. The van der Waals surface area contributed by atoms with E-state index in [0.29, 0.717) is 35.1 Å². The van der Waals surface area contributed by atoms with E-state index in [9.17, 15) is 14.7 Å². The summed E-state index contributed by atoms with van der Waals surface area (Å²) in [6, 6.07) is 15.2. The Hall–Kier alpha value is -3.93. The van der Waals surface area contributed by atoms with Crippen molar-refractivity contribution >= 4 is 23.1 Å². The van der Waals surface area contributed by atoms with Gasteiger partial charge in [-0.05, 0) is 85.0 Å². The molecule has 174 valence electrons. The number of rotatable bonds is 6. The van der Waals surface area contributed by atoms with Crippen molar-refractivity contribution in [1.82, 2.24) is 4.98 Å². The highest BCUT2D eigenvalue weighted by atomic mass is 16.5. The molecule has 0 saturated carbocycles. The predicted molar refractivity (Wildman–Crippen MR) is 132 cm³/mol. The number of aliphatic hydroxyl groups excluding tert-OH is 1. The molecule has 0 bridgehead atoms. The third kappa shape index (κ3) is 4.44. The van der Waals surface area contributed by atoms with Crippen molar-refractivity contribution in [1.29, 1.82) is 0 Å². The van der Waals surface area contributed by atoms with Crippen molar-refractivity contribution in [2.45, 2.75) is 33.7 Å². The molecule has 2 heterocycles. The number of carbonyl (C=O) groups is 2. The first-order chi connectivity index (χ1) is 16.3. The number of nitrogens with zero attached hydrogens (tertiary/aromatic N) is 2. The summed E-state index contributed by atoms with van der Waals surface area (Å²) in [5, 5.41) is 11.2. The second-order valence-corrected chi connectivity index (χ2v) is 8.95. The molecule has 6 nitrogen and oxygen atoms in total. The summed E-state index contributed by atoms with van der Waals surface area (Å²) in [6.45, 7) is 8.65. The smallest absolute Gasteiger partial charge is 0.300 e. The van der Waals surface area contributed by atoms with Crippen molar-refractivity contribution in [2.75, 3.05) is 11.5 Å². The third-order valence-corrected chi connectivity index (χ3v) is 5.95. The van der Waals surface area contributed by atoms with Gasteiger partial charge in [-0.3, -0.25) is 19.5 Å². The Morgan fingerprint density at radius 3 is 2.29 bits per heavy atom. The Balaban J connectivity index is 1.81. The van der Waals surface area contributed by atoms with Crippen LogP contribution < -0.4 is 9.64 Å². The highest BCUT2D eigenvalue weighted by Gasteiger charge is 2.47. The Kier molecular flexibility index (Phi) is 6.50. The Labute approximate surface area is 199 Å². The van der Waals surface area contributed by atoms with Gasteiger partial charge in [-0.15, -0.1) is 0 Å². The number of ether oxygens (including phenoxy) is 1. The van der Waals surface area contributed by atoms with E-state index in [-0.39, 0.29) is 11.3 Å². The topological polar surface area (TPSA) is 79.7 Å². The van der Waals surface area contributed by atoms with E-state index in [4.69, 9.17) is 4.74 Å². The molecule has 1 aliphatic rings. The van der Waals surface area contributed by atoms with E-state index in [1.54, 1.807) is 48.8 Å². The molecule has 1 fully saturated rings. The Bertz CT molecular complexity index is 1250. The molecule has 34 heavy (non-hydrogen) atoms. The maximum Gasteiger partial charge on any atom is 0.300 e. The molecule has 0 spiro atoms. The first-order valence-corrected chi connectivity index (χ1v) is 11.3. The van der Waals surface area contributed by atoms with Crippen LogP contribution in [-0.2, 0) is 9.59 Å². The quantitative estimate of drug-likeness (QED) is 0.307. The Morgan fingerprint density at radius 2 is 1.68 bits per heavy atom. The maximum absolute atomic E-state index is 13.2. The highest BCUT2D eigenvalue weighted by molar-refractivity contribution is 6.51. The fourth-order valence-electron chi connectivity index (χ4n) is 3.96. The molecule has 1 saturated heterocycles. The lowest BCUT2D eigenvalue weighted by Gasteiger charge is -2.26. The van der Waals surface area contributed by atoms with Crippen LogP contribution in [0.15, 0.2) is 72.6 Å². The summed E-state index contributed by atoms with van der Waals surface area (Å²) in [5.74, 6) is -0.565. The summed E-state index contributed by atoms with van der Waals surface area (Å²) in [7, 11) is 0. The first kappa shape index (κ1) is 23.2. The molecular weight excluding hydrogens is 428 g/mol. The summed E-state index contributed by atoms with van der Waals surface area (Å²) in [5.41, 5.74) is 3.86. The van der Waals surface area contributed by atoms with Gasteiger partial charge in [-0.1, -0.05) is 19.9 Å². The summed E-state index contributed by atoms with van der Waals surface area (Å²) >= 11 is 0. The lowest BCUT2D eigenvalue weighted by atomic mass is 9.95. The number of hydrogen-bond acceptors (Lipinski definition) is 5. The largest absolute Gasteiger partial charge is 0.507 e. The summed E-state index contributed by atoms with van der Waals surface area (Å²) in [6.07, 6.45) is 3.22. The minimum Gasteiger partial charge on any atom is -0.507 e.